The van der Waals surface area contributed by atoms with Crippen molar-refractivity contribution in [1.29, 1.82) is 0 Å². The van der Waals surface area contributed by atoms with Crippen molar-refractivity contribution >= 4 is 27.5 Å². The van der Waals surface area contributed by atoms with E-state index in [9.17, 15) is 0 Å². The van der Waals surface area contributed by atoms with E-state index in [0.717, 1.165) is 33.8 Å². The molecule has 0 aliphatic heterocycles. The fraction of sp³-hybridized carbons (Fsp3) is 0.467. The van der Waals surface area contributed by atoms with E-state index in [-0.39, 0.29) is 6.04 Å². The molecule has 2 aromatic rings. The van der Waals surface area contributed by atoms with Gasteiger partial charge in [0.05, 0.1) is 5.02 Å². The van der Waals surface area contributed by atoms with Gasteiger partial charge in [-0.15, -0.1) is 0 Å². The molecule has 21 heavy (non-hydrogen) atoms. The maximum absolute atomic E-state index is 6.21. The fourth-order valence-electron chi connectivity index (χ4n) is 2.32. The Bertz CT molecular complexity index is 597. The Morgan fingerprint density at radius 2 is 2.14 bits per heavy atom. The van der Waals surface area contributed by atoms with Crippen LogP contribution in [0.3, 0.4) is 0 Å². The van der Waals surface area contributed by atoms with Gasteiger partial charge in [-0.3, -0.25) is 0 Å². The number of hydrogen-bond donors (Lipinski definition) is 1. The summed E-state index contributed by atoms with van der Waals surface area (Å²) in [6.07, 6.45) is 2.40. The number of aromatic nitrogens is 3. The Labute approximate surface area is 139 Å². The van der Waals surface area contributed by atoms with Gasteiger partial charge in [0.25, 0.3) is 0 Å². The molecule has 6 heteroatoms. The van der Waals surface area contributed by atoms with E-state index in [0.29, 0.717) is 6.04 Å². The van der Waals surface area contributed by atoms with Crippen LogP contribution in [-0.4, -0.2) is 21.3 Å². The molecule has 0 spiro atoms. The second kappa shape index (κ2) is 7.38. The standard InChI is InChI=1S/C15H20BrClN4/c1-4-18-14(11-5-6-12(16)13(17)7-11)8-15-19-9-20-21(15)10(2)3/h5-7,9-10,14,18H,4,8H2,1-3H3. The number of halogens is 2. The summed E-state index contributed by atoms with van der Waals surface area (Å²) in [5, 5.41) is 8.52. The van der Waals surface area contributed by atoms with Gasteiger partial charge in [-0.05, 0) is 54.0 Å². The zero-order chi connectivity index (χ0) is 15.4. The van der Waals surface area contributed by atoms with Crippen molar-refractivity contribution in [1.82, 2.24) is 20.1 Å². The molecular weight excluding hydrogens is 352 g/mol. The van der Waals surface area contributed by atoms with Crippen molar-refractivity contribution in [3.8, 4) is 0 Å². The van der Waals surface area contributed by atoms with Crippen molar-refractivity contribution < 1.29 is 0 Å². The highest BCUT2D eigenvalue weighted by atomic mass is 79.9. The maximum Gasteiger partial charge on any atom is 0.138 e. The SMILES string of the molecule is CCNC(Cc1ncnn1C(C)C)c1ccc(Br)c(Cl)c1. The first-order valence-corrected chi connectivity index (χ1v) is 8.26. The van der Waals surface area contributed by atoms with E-state index >= 15 is 0 Å². The van der Waals surface area contributed by atoms with Crippen LogP contribution in [0.25, 0.3) is 0 Å². The maximum atomic E-state index is 6.21. The molecule has 0 aliphatic rings. The number of benzene rings is 1. The lowest BCUT2D eigenvalue weighted by Gasteiger charge is -2.19. The second-order valence-corrected chi connectivity index (χ2v) is 6.46. The Balaban J connectivity index is 2.26. The zero-order valence-electron chi connectivity index (χ0n) is 12.5. The second-order valence-electron chi connectivity index (χ2n) is 5.20. The minimum absolute atomic E-state index is 0.169. The summed E-state index contributed by atoms with van der Waals surface area (Å²) in [7, 11) is 0. The van der Waals surface area contributed by atoms with Crippen LogP contribution in [0, 0.1) is 0 Å². The lowest BCUT2D eigenvalue weighted by Crippen LogP contribution is -2.25. The molecule has 0 radical (unpaired) electrons. The Morgan fingerprint density at radius 3 is 2.76 bits per heavy atom. The summed E-state index contributed by atoms with van der Waals surface area (Å²) in [5.41, 5.74) is 1.16. The number of likely N-dealkylation sites (N-methyl/N-ethyl adjacent to an activating group) is 1. The van der Waals surface area contributed by atoms with Crippen LogP contribution in [0.4, 0.5) is 0 Å². The summed E-state index contributed by atoms with van der Waals surface area (Å²) in [6.45, 7) is 7.20. The highest BCUT2D eigenvalue weighted by Crippen LogP contribution is 2.27. The van der Waals surface area contributed by atoms with Gasteiger partial charge in [0.15, 0.2) is 0 Å². The topological polar surface area (TPSA) is 42.7 Å². The van der Waals surface area contributed by atoms with Crippen LogP contribution in [0.15, 0.2) is 29.0 Å². The van der Waals surface area contributed by atoms with Crippen molar-refractivity contribution in [3.63, 3.8) is 0 Å². The Hall–Kier alpha value is -0.910. The summed E-state index contributed by atoms with van der Waals surface area (Å²) in [6, 6.07) is 6.53. The van der Waals surface area contributed by atoms with Crippen molar-refractivity contribution in [2.45, 2.75) is 39.3 Å². The first-order valence-electron chi connectivity index (χ1n) is 7.09. The predicted octanol–water partition coefficient (Wildman–Crippen LogP) is 4.17. The van der Waals surface area contributed by atoms with Gasteiger partial charge >= 0.3 is 0 Å². The summed E-state index contributed by atoms with van der Waals surface area (Å²) in [4.78, 5) is 4.39. The normalized spacial score (nSPS) is 12.9. The zero-order valence-corrected chi connectivity index (χ0v) is 14.8. The smallest absolute Gasteiger partial charge is 0.138 e. The van der Waals surface area contributed by atoms with Crippen molar-refractivity contribution in [2.75, 3.05) is 6.54 Å². The van der Waals surface area contributed by atoms with E-state index in [4.69, 9.17) is 11.6 Å². The lowest BCUT2D eigenvalue weighted by atomic mass is 10.0. The van der Waals surface area contributed by atoms with Crippen LogP contribution in [-0.2, 0) is 6.42 Å². The number of nitrogens with one attached hydrogen (secondary N) is 1. The molecule has 1 unspecified atom stereocenters. The van der Waals surface area contributed by atoms with Crippen LogP contribution in [0.5, 0.6) is 0 Å². The first kappa shape index (κ1) is 16.5. The molecule has 0 aliphatic carbocycles. The minimum Gasteiger partial charge on any atom is -0.310 e. The fourth-order valence-corrected chi connectivity index (χ4v) is 2.75. The average Bonchev–Trinajstić information content (AvgIpc) is 2.90. The number of rotatable bonds is 6. The first-order chi connectivity index (χ1) is 10.0. The molecule has 1 aromatic heterocycles. The Morgan fingerprint density at radius 1 is 1.38 bits per heavy atom. The lowest BCUT2D eigenvalue weighted by molar-refractivity contribution is 0.468. The third-order valence-corrected chi connectivity index (χ3v) is 4.55. The van der Waals surface area contributed by atoms with Gasteiger partial charge in [-0.2, -0.15) is 5.10 Å². The summed E-state index contributed by atoms with van der Waals surface area (Å²) in [5.74, 6) is 0.981. The van der Waals surface area contributed by atoms with Crippen LogP contribution in [0.2, 0.25) is 5.02 Å². The van der Waals surface area contributed by atoms with Crippen LogP contribution in [0.1, 0.15) is 44.2 Å². The molecule has 0 saturated heterocycles. The van der Waals surface area contributed by atoms with Gasteiger partial charge in [0, 0.05) is 23.0 Å². The number of nitrogens with zero attached hydrogens (tertiary/aromatic N) is 3. The molecule has 1 N–H and O–H groups in total. The van der Waals surface area contributed by atoms with Gasteiger partial charge in [0.2, 0.25) is 0 Å². The molecule has 114 valence electrons. The molecule has 2 rings (SSSR count). The Kier molecular flexibility index (Phi) is 5.79. The van der Waals surface area contributed by atoms with Crippen LogP contribution >= 0.6 is 27.5 Å². The van der Waals surface area contributed by atoms with E-state index in [1.165, 1.54) is 0 Å². The third kappa shape index (κ3) is 4.05. The van der Waals surface area contributed by atoms with Gasteiger partial charge in [-0.25, -0.2) is 9.67 Å². The molecule has 0 fully saturated rings. The molecule has 1 aromatic carbocycles. The highest BCUT2D eigenvalue weighted by Gasteiger charge is 2.17. The minimum atomic E-state index is 0.169. The van der Waals surface area contributed by atoms with Crippen molar-refractivity contribution in [3.05, 3.63) is 45.4 Å². The van der Waals surface area contributed by atoms with E-state index in [1.54, 1.807) is 6.33 Å². The molecule has 0 amide bonds. The predicted molar refractivity (Wildman–Crippen MR) is 89.7 cm³/mol. The third-order valence-electron chi connectivity index (χ3n) is 3.32. The van der Waals surface area contributed by atoms with Gasteiger partial charge < -0.3 is 5.32 Å². The van der Waals surface area contributed by atoms with E-state index in [2.05, 4.69) is 58.2 Å². The van der Waals surface area contributed by atoms with E-state index < -0.39 is 0 Å². The largest absolute Gasteiger partial charge is 0.310 e. The highest BCUT2D eigenvalue weighted by molar-refractivity contribution is 9.10. The average molecular weight is 372 g/mol. The summed E-state index contributed by atoms with van der Waals surface area (Å²) < 4.78 is 2.87. The molecule has 4 nitrogen and oxygen atoms in total. The number of hydrogen-bond acceptors (Lipinski definition) is 3. The molecule has 1 heterocycles. The van der Waals surface area contributed by atoms with E-state index in [1.807, 2.05) is 16.8 Å². The van der Waals surface area contributed by atoms with Gasteiger partial charge in [-0.1, -0.05) is 24.6 Å². The molecule has 0 bridgehead atoms. The van der Waals surface area contributed by atoms with Crippen LogP contribution < -0.4 is 5.32 Å². The van der Waals surface area contributed by atoms with Crippen molar-refractivity contribution in [2.24, 2.45) is 0 Å². The molecule has 1 atom stereocenters. The quantitative estimate of drug-likeness (QED) is 0.829. The monoisotopic (exact) mass is 370 g/mol. The molecule has 0 saturated carbocycles. The summed E-state index contributed by atoms with van der Waals surface area (Å²) >= 11 is 9.64. The molecular formula is C15H20BrClN4. The van der Waals surface area contributed by atoms with Gasteiger partial charge in [0.1, 0.15) is 12.2 Å².